The van der Waals surface area contributed by atoms with Crippen molar-refractivity contribution in [2.24, 2.45) is 0 Å². The maximum atomic E-state index is 13.2. The van der Waals surface area contributed by atoms with E-state index in [9.17, 15) is 13.6 Å². The van der Waals surface area contributed by atoms with Crippen molar-refractivity contribution in [2.75, 3.05) is 20.1 Å². The molecule has 21 heavy (non-hydrogen) atoms. The molecule has 0 spiro atoms. The van der Waals surface area contributed by atoms with Crippen molar-refractivity contribution in [3.8, 4) is 5.75 Å². The normalized spacial score (nSPS) is 27.6. The Hall–Kier alpha value is -1.89. The predicted octanol–water partition coefficient (Wildman–Crippen LogP) is 1.10. The minimum absolute atomic E-state index is 0.00964. The highest BCUT2D eigenvalue weighted by Crippen LogP contribution is 2.29. The van der Waals surface area contributed by atoms with Crippen molar-refractivity contribution in [3.05, 3.63) is 29.8 Å². The Morgan fingerprint density at radius 2 is 2.24 bits per heavy atom. The van der Waals surface area contributed by atoms with Crippen LogP contribution in [0.25, 0.3) is 0 Å². The first-order valence-electron chi connectivity index (χ1n) is 6.93. The third-order valence-electron chi connectivity index (χ3n) is 4.07. The molecule has 3 unspecified atom stereocenters. The van der Waals surface area contributed by atoms with Gasteiger partial charge in [-0.25, -0.2) is 13.6 Å². The number of fused-ring (bicyclic) bond motifs is 1. The van der Waals surface area contributed by atoms with E-state index in [1.165, 1.54) is 6.07 Å². The largest absolute Gasteiger partial charge is 0.487 e. The van der Waals surface area contributed by atoms with Gasteiger partial charge >= 0.3 is 6.03 Å². The number of urea groups is 1. The minimum Gasteiger partial charge on any atom is -0.487 e. The molecule has 2 heterocycles. The molecule has 2 saturated heterocycles. The van der Waals surface area contributed by atoms with Gasteiger partial charge in [0.05, 0.1) is 18.6 Å². The molecule has 5 nitrogen and oxygen atoms in total. The van der Waals surface area contributed by atoms with Crippen LogP contribution in [0.2, 0.25) is 0 Å². The molecule has 114 valence electrons. The number of nitrogens with zero attached hydrogens (tertiary/aromatic N) is 1. The fourth-order valence-electron chi connectivity index (χ4n) is 3.10. The Bertz CT molecular complexity index is 555. The van der Waals surface area contributed by atoms with E-state index in [2.05, 4.69) is 10.6 Å². The van der Waals surface area contributed by atoms with E-state index in [-0.39, 0.29) is 30.0 Å². The van der Waals surface area contributed by atoms with Gasteiger partial charge in [-0.15, -0.1) is 0 Å². The monoisotopic (exact) mass is 297 g/mol. The van der Waals surface area contributed by atoms with Crippen LogP contribution in [0.15, 0.2) is 18.2 Å². The smallest absolute Gasteiger partial charge is 0.317 e. The van der Waals surface area contributed by atoms with Crippen LogP contribution in [-0.2, 0) is 0 Å². The molecule has 0 saturated carbocycles. The van der Waals surface area contributed by atoms with Crippen LogP contribution in [0.3, 0.4) is 0 Å². The van der Waals surface area contributed by atoms with Crippen LogP contribution < -0.4 is 15.4 Å². The van der Waals surface area contributed by atoms with Gasteiger partial charge in [-0.1, -0.05) is 0 Å². The molecule has 2 amide bonds. The third-order valence-corrected chi connectivity index (χ3v) is 4.07. The SMILES string of the molecule is CNC(=O)N1CC(Oc2ccc(F)c(F)c2)C2NCCC21. The fraction of sp³-hybridized carbons (Fsp3) is 0.500. The Kier molecular flexibility index (Phi) is 3.67. The van der Waals surface area contributed by atoms with Gasteiger partial charge in [0.25, 0.3) is 0 Å². The zero-order valence-corrected chi connectivity index (χ0v) is 11.6. The Morgan fingerprint density at radius 1 is 1.43 bits per heavy atom. The van der Waals surface area contributed by atoms with E-state index in [0.717, 1.165) is 25.1 Å². The van der Waals surface area contributed by atoms with E-state index < -0.39 is 11.6 Å². The van der Waals surface area contributed by atoms with Gasteiger partial charge in [-0.2, -0.15) is 0 Å². The molecule has 1 aromatic carbocycles. The average Bonchev–Trinajstić information content (AvgIpc) is 3.06. The van der Waals surface area contributed by atoms with Gasteiger partial charge in [-0.3, -0.25) is 0 Å². The van der Waals surface area contributed by atoms with Gasteiger partial charge < -0.3 is 20.3 Å². The van der Waals surface area contributed by atoms with E-state index in [4.69, 9.17) is 4.74 Å². The van der Waals surface area contributed by atoms with Gasteiger partial charge in [0.2, 0.25) is 0 Å². The highest BCUT2D eigenvalue weighted by Gasteiger charge is 2.47. The fourth-order valence-corrected chi connectivity index (χ4v) is 3.10. The van der Waals surface area contributed by atoms with Crippen LogP contribution >= 0.6 is 0 Å². The molecular weight excluding hydrogens is 280 g/mol. The lowest BCUT2D eigenvalue weighted by atomic mass is 10.1. The van der Waals surface area contributed by atoms with Gasteiger partial charge in [0.15, 0.2) is 11.6 Å². The Morgan fingerprint density at radius 3 is 2.95 bits per heavy atom. The molecule has 7 heteroatoms. The van der Waals surface area contributed by atoms with E-state index in [1.807, 2.05) is 0 Å². The second-order valence-corrected chi connectivity index (χ2v) is 5.28. The molecule has 0 radical (unpaired) electrons. The zero-order valence-electron chi connectivity index (χ0n) is 11.6. The first-order valence-corrected chi connectivity index (χ1v) is 6.93. The number of amides is 2. The summed E-state index contributed by atoms with van der Waals surface area (Å²) in [5, 5.41) is 5.92. The molecule has 2 N–H and O–H groups in total. The first kappa shape index (κ1) is 14.1. The standard InChI is InChI=1S/C14H17F2N3O2/c1-17-14(20)19-7-12(13-11(19)4-5-18-13)21-8-2-3-9(15)10(16)6-8/h2-3,6,11-13,18H,4-5,7H2,1H3,(H,17,20). The summed E-state index contributed by atoms with van der Waals surface area (Å²) < 4.78 is 31.9. The molecule has 2 fully saturated rings. The highest BCUT2D eigenvalue weighted by atomic mass is 19.2. The molecular formula is C14H17F2N3O2. The molecule has 2 aliphatic heterocycles. The number of hydrogen-bond donors (Lipinski definition) is 2. The second kappa shape index (κ2) is 5.48. The minimum atomic E-state index is -0.940. The van der Waals surface area contributed by atoms with Crippen LogP contribution in [0.4, 0.5) is 13.6 Å². The predicted molar refractivity (Wildman–Crippen MR) is 72.1 cm³/mol. The molecule has 0 aliphatic carbocycles. The molecule has 1 aromatic rings. The van der Waals surface area contributed by atoms with Crippen molar-refractivity contribution in [2.45, 2.75) is 24.6 Å². The lowest BCUT2D eigenvalue weighted by Crippen LogP contribution is -2.43. The quantitative estimate of drug-likeness (QED) is 0.859. The van der Waals surface area contributed by atoms with Crippen LogP contribution in [-0.4, -0.2) is 49.3 Å². The molecule has 2 aliphatic rings. The summed E-state index contributed by atoms with van der Waals surface area (Å²) in [5.74, 6) is -1.58. The molecule has 0 bridgehead atoms. The number of benzene rings is 1. The van der Waals surface area contributed by atoms with E-state index in [0.29, 0.717) is 6.54 Å². The number of rotatable bonds is 2. The number of likely N-dealkylation sites (tertiary alicyclic amines) is 1. The van der Waals surface area contributed by atoms with Gasteiger partial charge in [0, 0.05) is 13.1 Å². The summed E-state index contributed by atoms with van der Waals surface area (Å²) in [7, 11) is 1.59. The summed E-state index contributed by atoms with van der Waals surface area (Å²) in [4.78, 5) is 13.6. The third kappa shape index (κ3) is 2.53. The molecule has 0 aromatic heterocycles. The average molecular weight is 297 g/mol. The van der Waals surface area contributed by atoms with Crippen molar-refractivity contribution >= 4 is 6.03 Å². The Balaban J connectivity index is 1.76. The lowest BCUT2D eigenvalue weighted by molar-refractivity contribution is 0.173. The van der Waals surface area contributed by atoms with Crippen LogP contribution in [0.1, 0.15) is 6.42 Å². The van der Waals surface area contributed by atoms with Crippen LogP contribution in [0.5, 0.6) is 5.75 Å². The second-order valence-electron chi connectivity index (χ2n) is 5.28. The van der Waals surface area contributed by atoms with Crippen molar-refractivity contribution < 1.29 is 18.3 Å². The van der Waals surface area contributed by atoms with Crippen molar-refractivity contribution in [1.29, 1.82) is 0 Å². The topological polar surface area (TPSA) is 53.6 Å². The molecule has 3 rings (SSSR count). The van der Waals surface area contributed by atoms with Crippen molar-refractivity contribution in [1.82, 2.24) is 15.5 Å². The summed E-state index contributed by atoms with van der Waals surface area (Å²) in [6.45, 7) is 1.22. The van der Waals surface area contributed by atoms with E-state index in [1.54, 1.807) is 11.9 Å². The number of hydrogen-bond acceptors (Lipinski definition) is 3. The Labute approximate surface area is 121 Å². The number of halogens is 2. The summed E-state index contributed by atoms with van der Waals surface area (Å²) in [5.41, 5.74) is 0. The van der Waals surface area contributed by atoms with E-state index >= 15 is 0 Å². The number of carbonyl (C=O) groups is 1. The summed E-state index contributed by atoms with van der Waals surface area (Å²) in [6.07, 6.45) is 0.579. The zero-order chi connectivity index (χ0) is 15.0. The lowest BCUT2D eigenvalue weighted by Gasteiger charge is -2.21. The number of carbonyl (C=O) groups excluding carboxylic acids is 1. The van der Waals surface area contributed by atoms with Crippen LogP contribution in [0, 0.1) is 11.6 Å². The van der Waals surface area contributed by atoms with Gasteiger partial charge in [-0.05, 0) is 25.1 Å². The highest BCUT2D eigenvalue weighted by molar-refractivity contribution is 5.75. The van der Waals surface area contributed by atoms with Crippen molar-refractivity contribution in [3.63, 3.8) is 0 Å². The maximum Gasteiger partial charge on any atom is 0.317 e. The summed E-state index contributed by atoms with van der Waals surface area (Å²) >= 11 is 0. The summed E-state index contributed by atoms with van der Waals surface area (Å²) in [6, 6.07) is 3.39. The molecule has 3 atom stereocenters. The first-order chi connectivity index (χ1) is 10.1. The number of nitrogens with one attached hydrogen (secondary N) is 2. The maximum absolute atomic E-state index is 13.2. The van der Waals surface area contributed by atoms with Gasteiger partial charge in [0.1, 0.15) is 11.9 Å². The number of ether oxygens (including phenoxy) is 1.